The number of halogens is 1. The zero-order valence-electron chi connectivity index (χ0n) is 4.76. The molecule has 0 bridgehead atoms. The number of quaternary nitrogens is 1. The summed E-state index contributed by atoms with van der Waals surface area (Å²) in [7, 11) is 0. The van der Waals surface area contributed by atoms with Crippen molar-refractivity contribution in [3.05, 3.63) is 0 Å². The lowest BCUT2D eigenvalue weighted by atomic mass is 10.4. The molecule has 4 nitrogen and oxygen atoms in total. The molecular formula is C3H10ClNO3. The highest BCUT2D eigenvalue weighted by Crippen LogP contribution is 1.73. The SMILES string of the molecule is CC(O)C(=O)O.[Cl-].[NH4+]. The Hall–Kier alpha value is -0.320. The van der Waals surface area contributed by atoms with Crippen molar-refractivity contribution in [3.63, 3.8) is 0 Å². The molecule has 6 N–H and O–H groups in total. The van der Waals surface area contributed by atoms with E-state index in [0.717, 1.165) is 0 Å². The number of rotatable bonds is 1. The van der Waals surface area contributed by atoms with Crippen molar-refractivity contribution >= 4 is 5.97 Å². The Kier molecular flexibility index (Phi) is 13.1. The molecule has 0 aliphatic carbocycles. The molecule has 0 fully saturated rings. The van der Waals surface area contributed by atoms with Gasteiger partial charge >= 0.3 is 5.97 Å². The Bertz CT molecular complexity index is 65.5. The number of aliphatic carboxylic acids is 1. The van der Waals surface area contributed by atoms with E-state index in [4.69, 9.17) is 10.2 Å². The van der Waals surface area contributed by atoms with Gasteiger partial charge in [-0.1, -0.05) is 0 Å². The van der Waals surface area contributed by atoms with Crippen LogP contribution in [0, 0.1) is 0 Å². The summed E-state index contributed by atoms with van der Waals surface area (Å²) in [5, 5.41) is 15.8. The van der Waals surface area contributed by atoms with E-state index in [1.54, 1.807) is 0 Å². The minimum absolute atomic E-state index is 0. The molecule has 0 aromatic rings. The Balaban J connectivity index is -0.000000125. The first-order valence-corrected chi connectivity index (χ1v) is 1.55. The first-order valence-electron chi connectivity index (χ1n) is 1.55. The molecule has 0 aromatic carbocycles. The number of carboxylic acid groups (broad SMARTS) is 1. The number of carbonyl (C=O) groups is 1. The van der Waals surface area contributed by atoms with Crippen LogP contribution >= 0.6 is 0 Å². The molecule has 0 rings (SSSR count). The predicted molar refractivity (Wildman–Crippen MR) is 25.3 cm³/mol. The maximum Gasteiger partial charge on any atom is 0.332 e. The van der Waals surface area contributed by atoms with Gasteiger partial charge in [0.2, 0.25) is 0 Å². The standard InChI is InChI=1S/C3H6O3.ClH.H3N/c1-2(4)3(5)6;;/h2,4H,1H3,(H,5,6);1H;1H3. The summed E-state index contributed by atoms with van der Waals surface area (Å²) < 4.78 is 0. The van der Waals surface area contributed by atoms with E-state index in [1.807, 2.05) is 0 Å². The number of aliphatic hydroxyl groups excluding tert-OH is 1. The smallest absolute Gasteiger partial charge is 0.332 e. The summed E-state index contributed by atoms with van der Waals surface area (Å²) in [5.74, 6) is -1.19. The second-order valence-electron chi connectivity index (χ2n) is 1.01. The van der Waals surface area contributed by atoms with Crippen LogP contribution in [0.3, 0.4) is 0 Å². The van der Waals surface area contributed by atoms with Gasteiger partial charge in [0, 0.05) is 0 Å². The van der Waals surface area contributed by atoms with E-state index < -0.39 is 12.1 Å². The second-order valence-corrected chi connectivity index (χ2v) is 1.01. The lowest BCUT2D eigenvalue weighted by Crippen LogP contribution is -3.00. The number of hydrogen-bond donors (Lipinski definition) is 3. The van der Waals surface area contributed by atoms with E-state index in [1.165, 1.54) is 6.92 Å². The van der Waals surface area contributed by atoms with E-state index in [2.05, 4.69) is 0 Å². The lowest BCUT2D eigenvalue weighted by Gasteiger charge is -1.89. The fourth-order valence-electron chi connectivity index (χ4n) is 0. The van der Waals surface area contributed by atoms with Gasteiger partial charge in [-0.3, -0.25) is 0 Å². The van der Waals surface area contributed by atoms with Crippen LogP contribution in [0.25, 0.3) is 0 Å². The van der Waals surface area contributed by atoms with Crippen LogP contribution in [0.2, 0.25) is 0 Å². The highest BCUT2D eigenvalue weighted by atomic mass is 35.5. The van der Waals surface area contributed by atoms with Gasteiger partial charge < -0.3 is 28.8 Å². The van der Waals surface area contributed by atoms with Gasteiger partial charge in [-0.2, -0.15) is 0 Å². The highest BCUT2D eigenvalue weighted by Gasteiger charge is 2.01. The molecule has 5 heteroatoms. The molecule has 1 unspecified atom stereocenters. The topological polar surface area (TPSA) is 94.0 Å². The fraction of sp³-hybridized carbons (Fsp3) is 0.667. The number of carboxylic acids is 1. The Morgan fingerprint density at radius 3 is 1.75 bits per heavy atom. The summed E-state index contributed by atoms with van der Waals surface area (Å²) >= 11 is 0. The Labute approximate surface area is 53.5 Å². The van der Waals surface area contributed by atoms with Gasteiger partial charge in [-0.15, -0.1) is 0 Å². The molecule has 0 spiro atoms. The zero-order valence-corrected chi connectivity index (χ0v) is 5.51. The third-order valence-corrected chi connectivity index (χ3v) is 0.357. The molecule has 0 radical (unpaired) electrons. The molecule has 0 saturated carbocycles. The van der Waals surface area contributed by atoms with Crippen molar-refractivity contribution in [3.8, 4) is 0 Å². The molecule has 0 saturated heterocycles. The van der Waals surface area contributed by atoms with Crippen LogP contribution in [0.1, 0.15) is 6.92 Å². The quantitative estimate of drug-likeness (QED) is 0.362. The van der Waals surface area contributed by atoms with Gasteiger partial charge in [0.25, 0.3) is 0 Å². The van der Waals surface area contributed by atoms with Crippen LogP contribution in [-0.4, -0.2) is 22.3 Å². The first kappa shape index (κ1) is 15.6. The van der Waals surface area contributed by atoms with Gasteiger partial charge in [-0.05, 0) is 6.92 Å². The van der Waals surface area contributed by atoms with E-state index >= 15 is 0 Å². The maximum absolute atomic E-state index is 9.45. The van der Waals surface area contributed by atoms with Gasteiger partial charge in [0.1, 0.15) is 6.10 Å². The number of aliphatic hydroxyl groups is 1. The summed E-state index contributed by atoms with van der Waals surface area (Å²) in [4.78, 5) is 9.45. The lowest BCUT2D eigenvalue weighted by molar-refractivity contribution is -0.145. The average molecular weight is 144 g/mol. The van der Waals surface area contributed by atoms with Gasteiger partial charge in [-0.25, -0.2) is 4.79 Å². The fourth-order valence-corrected chi connectivity index (χ4v) is 0. The van der Waals surface area contributed by atoms with Crippen molar-refractivity contribution in [2.75, 3.05) is 0 Å². The van der Waals surface area contributed by atoms with Crippen molar-refractivity contribution in [2.24, 2.45) is 0 Å². The minimum Gasteiger partial charge on any atom is -1.00 e. The minimum atomic E-state index is -1.23. The number of hydrogen-bond acceptors (Lipinski definition) is 2. The van der Waals surface area contributed by atoms with Crippen molar-refractivity contribution in [1.29, 1.82) is 0 Å². The highest BCUT2D eigenvalue weighted by molar-refractivity contribution is 5.71. The molecule has 0 amide bonds. The Morgan fingerprint density at radius 2 is 1.75 bits per heavy atom. The maximum atomic E-state index is 9.45. The van der Waals surface area contributed by atoms with Crippen molar-refractivity contribution in [1.82, 2.24) is 6.15 Å². The second kappa shape index (κ2) is 6.68. The molecule has 0 aliphatic heterocycles. The molecule has 0 aliphatic rings. The van der Waals surface area contributed by atoms with Crippen molar-refractivity contribution in [2.45, 2.75) is 13.0 Å². The monoisotopic (exact) mass is 143 g/mol. The molecular weight excluding hydrogens is 133 g/mol. The molecule has 0 aromatic heterocycles. The van der Waals surface area contributed by atoms with Crippen LogP contribution in [0.5, 0.6) is 0 Å². The predicted octanol–water partition coefficient (Wildman–Crippen LogP) is -3.17. The summed E-state index contributed by atoms with van der Waals surface area (Å²) in [6, 6.07) is 0. The van der Waals surface area contributed by atoms with Crippen LogP contribution < -0.4 is 18.6 Å². The van der Waals surface area contributed by atoms with E-state index in [0.29, 0.717) is 0 Å². The van der Waals surface area contributed by atoms with Gasteiger partial charge in [0.15, 0.2) is 0 Å². The van der Waals surface area contributed by atoms with Crippen LogP contribution in [-0.2, 0) is 4.79 Å². The summed E-state index contributed by atoms with van der Waals surface area (Å²) in [6.07, 6.45) is -1.23. The molecule has 1 atom stereocenters. The largest absolute Gasteiger partial charge is 1.00 e. The van der Waals surface area contributed by atoms with E-state index in [9.17, 15) is 4.79 Å². The third-order valence-electron chi connectivity index (χ3n) is 0.357. The molecule has 0 heterocycles. The molecule has 8 heavy (non-hydrogen) atoms. The summed E-state index contributed by atoms with van der Waals surface area (Å²) in [5.41, 5.74) is 0. The first-order chi connectivity index (χ1) is 2.64. The summed E-state index contributed by atoms with van der Waals surface area (Å²) in [6.45, 7) is 1.20. The van der Waals surface area contributed by atoms with E-state index in [-0.39, 0.29) is 18.6 Å². The van der Waals surface area contributed by atoms with Crippen LogP contribution in [0.4, 0.5) is 0 Å². The molecule has 52 valence electrons. The van der Waals surface area contributed by atoms with Crippen LogP contribution in [0.15, 0.2) is 0 Å². The zero-order chi connectivity index (χ0) is 5.15. The third kappa shape index (κ3) is 9.19. The normalized spacial score (nSPS) is 10.2. The van der Waals surface area contributed by atoms with Crippen molar-refractivity contribution < 1.29 is 27.4 Å². The average Bonchev–Trinajstić information content (AvgIpc) is 1.36. The van der Waals surface area contributed by atoms with Gasteiger partial charge in [0.05, 0.1) is 0 Å². The Morgan fingerprint density at radius 1 is 1.62 bits per heavy atom.